The molecule has 0 unspecified atom stereocenters. The molecule has 0 aliphatic heterocycles. The molecule has 2 N–H and O–H groups in total. The third-order valence-electron chi connectivity index (χ3n) is 3.52. The van der Waals surface area contributed by atoms with Crippen LogP contribution in [0, 0.1) is 0 Å². The number of carbonyl (C=O) groups is 1. The number of amides is 2. The van der Waals surface area contributed by atoms with Crippen LogP contribution in [0.3, 0.4) is 0 Å². The van der Waals surface area contributed by atoms with Crippen molar-refractivity contribution >= 4 is 23.1 Å². The summed E-state index contributed by atoms with van der Waals surface area (Å²) in [5.74, 6) is 0.324. The van der Waals surface area contributed by atoms with Crippen LogP contribution >= 0.6 is 11.3 Å². The molecule has 1 aromatic carbocycles. The lowest BCUT2D eigenvalue weighted by atomic mass is 10.2. The van der Waals surface area contributed by atoms with Crippen LogP contribution in [0.2, 0.25) is 0 Å². The molecule has 0 bridgehead atoms. The Kier molecular flexibility index (Phi) is 6.09. The summed E-state index contributed by atoms with van der Waals surface area (Å²) in [4.78, 5) is 12.8. The van der Waals surface area contributed by atoms with E-state index in [4.69, 9.17) is 4.74 Å². The number of aromatic nitrogens is 2. The average Bonchev–Trinajstić information content (AvgIpc) is 3.20. The van der Waals surface area contributed by atoms with Crippen molar-refractivity contribution in [3.05, 3.63) is 59.5 Å². The van der Waals surface area contributed by atoms with Crippen LogP contribution in [0.4, 0.5) is 23.7 Å². The number of nitrogens with one attached hydrogen (secondary N) is 2. The van der Waals surface area contributed by atoms with Gasteiger partial charge in [-0.05, 0) is 41.8 Å². The third kappa shape index (κ3) is 5.43. The second-order valence-corrected chi connectivity index (χ2v) is 6.49. The molecule has 0 radical (unpaired) electrons. The summed E-state index contributed by atoms with van der Waals surface area (Å²) >= 11 is 1.56. The Bertz CT molecular complexity index is 898. The lowest BCUT2D eigenvalue weighted by Gasteiger charge is -2.10. The number of carbonyl (C=O) groups excluding carboxylic acids is 1. The molecule has 0 atom stereocenters. The van der Waals surface area contributed by atoms with E-state index < -0.39 is 17.8 Å². The molecule has 3 aromatic rings. The fraction of sp³-hybridized carbons (Fsp3) is 0.167. The SMILES string of the molecule is O=C(NCCOc1ccc(-c2cccs2)nn1)Nc1ccc(C(F)(F)F)cc1. The molecule has 0 aliphatic rings. The highest BCUT2D eigenvalue weighted by Gasteiger charge is 2.29. The predicted molar refractivity (Wildman–Crippen MR) is 99.3 cm³/mol. The monoisotopic (exact) mass is 408 g/mol. The van der Waals surface area contributed by atoms with Crippen LogP contribution in [0.5, 0.6) is 5.88 Å². The van der Waals surface area contributed by atoms with Gasteiger partial charge in [0.25, 0.3) is 0 Å². The van der Waals surface area contributed by atoms with Crippen molar-refractivity contribution in [2.24, 2.45) is 0 Å². The highest BCUT2D eigenvalue weighted by molar-refractivity contribution is 7.13. The van der Waals surface area contributed by atoms with Crippen LogP contribution < -0.4 is 15.4 Å². The van der Waals surface area contributed by atoms with Crippen molar-refractivity contribution in [2.75, 3.05) is 18.5 Å². The van der Waals surface area contributed by atoms with Gasteiger partial charge in [0.15, 0.2) is 0 Å². The molecule has 0 saturated heterocycles. The number of halogens is 3. The first kappa shape index (κ1) is 19.6. The molecular formula is C18H15F3N4O2S. The van der Waals surface area contributed by atoms with Crippen molar-refractivity contribution in [3.8, 4) is 16.5 Å². The molecule has 0 saturated carbocycles. The fourth-order valence-electron chi connectivity index (χ4n) is 2.19. The Morgan fingerprint density at radius 3 is 2.46 bits per heavy atom. The minimum atomic E-state index is -4.41. The Morgan fingerprint density at radius 1 is 1.07 bits per heavy atom. The maximum atomic E-state index is 12.5. The summed E-state index contributed by atoms with van der Waals surface area (Å²) in [6.45, 7) is 0.342. The van der Waals surface area contributed by atoms with E-state index in [-0.39, 0.29) is 18.8 Å². The van der Waals surface area contributed by atoms with E-state index in [0.717, 1.165) is 22.7 Å². The van der Waals surface area contributed by atoms with Crippen molar-refractivity contribution in [1.82, 2.24) is 15.5 Å². The summed E-state index contributed by atoms with van der Waals surface area (Å²) in [6, 6.07) is 11.0. The Morgan fingerprint density at radius 2 is 1.86 bits per heavy atom. The van der Waals surface area contributed by atoms with Crippen molar-refractivity contribution in [1.29, 1.82) is 0 Å². The van der Waals surface area contributed by atoms with Gasteiger partial charge >= 0.3 is 12.2 Å². The molecule has 28 heavy (non-hydrogen) atoms. The van der Waals surface area contributed by atoms with Crippen molar-refractivity contribution < 1.29 is 22.7 Å². The molecule has 2 aromatic heterocycles. The maximum Gasteiger partial charge on any atom is 0.416 e. The van der Waals surface area contributed by atoms with Crippen LogP contribution in [0.1, 0.15) is 5.56 Å². The normalized spacial score (nSPS) is 11.1. The first-order valence-electron chi connectivity index (χ1n) is 8.14. The molecule has 0 spiro atoms. The van der Waals surface area contributed by atoms with Gasteiger partial charge in [0.05, 0.1) is 17.0 Å². The number of hydrogen-bond donors (Lipinski definition) is 2. The van der Waals surface area contributed by atoms with E-state index in [1.165, 1.54) is 12.1 Å². The number of urea groups is 1. The molecule has 3 rings (SSSR count). The molecule has 6 nitrogen and oxygen atoms in total. The standard InChI is InChI=1S/C18H15F3N4O2S/c19-18(20,21)12-3-5-13(6-4-12)23-17(26)22-9-10-27-16-8-7-14(24-25-16)15-2-1-11-28-15/h1-8,11H,9-10H2,(H2,22,23,26). The van der Waals surface area contributed by atoms with Gasteiger partial charge < -0.3 is 15.4 Å². The molecular weight excluding hydrogens is 393 g/mol. The lowest BCUT2D eigenvalue weighted by molar-refractivity contribution is -0.137. The van der Waals surface area contributed by atoms with Gasteiger partial charge in [-0.2, -0.15) is 13.2 Å². The van der Waals surface area contributed by atoms with E-state index >= 15 is 0 Å². The summed E-state index contributed by atoms with van der Waals surface area (Å²) in [7, 11) is 0. The molecule has 10 heteroatoms. The fourth-order valence-corrected chi connectivity index (χ4v) is 2.88. The van der Waals surface area contributed by atoms with E-state index in [0.29, 0.717) is 5.88 Å². The Labute approximate surface area is 162 Å². The largest absolute Gasteiger partial charge is 0.475 e. The zero-order valence-electron chi connectivity index (χ0n) is 14.4. The molecule has 2 heterocycles. The topological polar surface area (TPSA) is 76.1 Å². The first-order chi connectivity index (χ1) is 13.4. The van der Waals surface area contributed by atoms with Gasteiger partial charge in [0.1, 0.15) is 12.3 Å². The third-order valence-corrected chi connectivity index (χ3v) is 4.41. The van der Waals surface area contributed by atoms with Gasteiger partial charge in [-0.25, -0.2) is 4.79 Å². The average molecular weight is 408 g/mol. The van der Waals surface area contributed by atoms with Gasteiger partial charge in [0.2, 0.25) is 5.88 Å². The number of ether oxygens (including phenoxy) is 1. The lowest BCUT2D eigenvalue weighted by Crippen LogP contribution is -2.32. The van der Waals surface area contributed by atoms with Crippen LogP contribution in [-0.4, -0.2) is 29.4 Å². The highest BCUT2D eigenvalue weighted by atomic mass is 32.1. The molecule has 0 aliphatic carbocycles. The zero-order chi connectivity index (χ0) is 20.0. The van der Waals surface area contributed by atoms with Crippen LogP contribution in [0.15, 0.2) is 53.9 Å². The number of alkyl halides is 3. The summed E-state index contributed by atoms with van der Waals surface area (Å²) < 4.78 is 42.9. The van der Waals surface area contributed by atoms with Gasteiger partial charge in [-0.1, -0.05) is 6.07 Å². The quantitative estimate of drug-likeness (QED) is 0.592. The second-order valence-electron chi connectivity index (χ2n) is 5.54. The van der Waals surface area contributed by atoms with Gasteiger partial charge in [0, 0.05) is 11.8 Å². The van der Waals surface area contributed by atoms with Gasteiger partial charge in [-0.3, -0.25) is 0 Å². The maximum absolute atomic E-state index is 12.5. The Hall–Kier alpha value is -3.14. The van der Waals surface area contributed by atoms with E-state index in [1.807, 2.05) is 17.5 Å². The van der Waals surface area contributed by atoms with Crippen LogP contribution in [-0.2, 0) is 6.18 Å². The second kappa shape index (κ2) is 8.70. The number of thiophene rings is 1. The van der Waals surface area contributed by atoms with Gasteiger partial charge in [-0.15, -0.1) is 21.5 Å². The highest BCUT2D eigenvalue weighted by Crippen LogP contribution is 2.29. The van der Waals surface area contributed by atoms with Crippen molar-refractivity contribution in [3.63, 3.8) is 0 Å². The van der Waals surface area contributed by atoms with E-state index in [2.05, 4.69) is 20.8 Å². The van der Waals surface area contributed by atoms with Crippen LogP contribution in [0.25, 0.3) is 10.6 Å². The zero-order valence-corrected chi connectivity index (χ0v) is 15.2. The minimum Gasteiger partial charge on any atom is -0.475 e. The van der Waals surface area contributed by atoms with E-state index in [1.54, 1.807) is 23.5 Å². The minimum absolute atomic E-state index is 0.160. The molecule has 146 valence electrons. The van der Waals surface area contributed by atoms with Crippen molar-refractivity contribution in [2.45, 2.75) is 6.18 Å². The van der Waals surface area contributed by atoms with E-state index in [9.17, 15) is 18.0 Å². The number of benzene rings is 1. The number of nitrogens with zero attached hydrogens (tertiary/aromatic N) is 2. The molecule has 0 fully saturated rings. The number of anilines is 1. The summed E-state index contributed by atoms with van der Waals surface area (Å²) in [5.41, 5.74) is 0.218. The number of hydrogen-bond acceptors (Lipinski definition) is 5. The summed E-state index contributed by atoms with van der Waals surface area (Å²) in [6.07, 6.45) is -4.41. The summed E-state index contributed by atoms with van der Waals surface area (Å²) in [5, 5.41) is 15.0. The predicted octanol–water partition coefficient (Wildman–Crippen LogP) is 4.42. The first-order valence-corrected chi connectivity index (χ1v) is 9.02. The Balaban J connectivity index is 1.39. The smallest absolute Gasteiger partial charge is 0.416 e. The molecule has 2 amide bonds. The number of rotatable bonds is 6.